The molecule has 0 bridgehead atoms. The lowest BCUT2D eigenvalue weighted by Gasteiger charge is -2.10. The summed E-state index contributed by atoms with van der Waals surface area (Å²) in [6, 6.07) is 0.327. The van der Waals surface area contributed by atoms with Crippen LogP contribution in [0.25, 0.3) is 0 Å². The molecule has 3 heteroatoms. The van der Waals surface area contributed by atoms with Crippen molar-refractivity contribution < 1.29 is 0 Å². The number of rotatable bonds is 4. The third-order valence-electron chi connectivity index (χ3n) is 1.61. The number of hydrogen-bond acceptors (Lipinski definition) is 3. The van der Waals surface area contributed by atoms with Gasteiger partial charge in [0.2, 0.25) is 0 Å². The molecule has 1 unspecified atom stereocenters. The summed E-state index contributed by atoms with van der Waals surface area (Å²) in [6.45, 7) is 8.81. The Balaban J connectivity index is 2.39. The monoisotopic (exact) mass is 182 g/mol. The maximum atomic E-state index is 4.22. The van der Waals surface area contributed by atoms with Crippen molar-refractivity contribution in [2.75, 3.05) is 6.54 Å². The van der Waals surface area contributed by atoms with Crippen LogP contribution < -0.4 is 5.32 Å². The molecule has 1 N–H and O–H groups in total. The molecule has 1 heterocycles. The molecule has 0 fully saturated rings. The molecular formula is C9H14N2S. The Hall–Kier alpha value is -0.670. The molecule has 66 valence electrons. The predicted molar refractivity (Wildman–Crippen MR) is 53.3 cm³/mol. The summed E-state index contributed by atoms with van der Waals surface area (Å²) in [5, 5.41) is 5.39. The van der Waals surface area contributed by atoms with Crippen molar-refractivity contribution in [3.05, 3.63) is 28.7 Å². The fraction of sp³-hybridized carbons (Fsp3) is 0.444. The summed E-state index contributed by atoms with van der Waals surface area (Å²) in [5.41, 5.74) is 4.12. The minimum atomic E-state index is 0.327. The smallest absolute Gasteiger partial charge is 0.0795 e. The van der Waals surface area contributed by atoms with E-state index in [1.807, 2.05) is 12.4 Å². The van der Waals surface area contributed by atoms with E-state index in [4.69, 9.17) is 0 Å². The second kappa shape index (κ2) is 4.38. The van der Waals surface area contributed by atoms with Gasteiger partial charge in [0, 0.05) is 18.0 Å². The van der Waals surface area contributed by atoms with Crippen LogP contribution >= 0.6 is 11.3 Å². The number of nitrogens with zero attached hydrogens (tertiary/aromatic N) is 1. The van der Waals surface area contributed by atoms with Gasteiger partial charge in [0.15, 0.2) is 0 Å². The number of hydrogen-bond donors (Lipinski definition) is 1. The molecule has 0 aliphatic carbocycles. The van der Waals surface area contributed by atoms with Crippen LogP contribution in [0.3, 0.4) is 0 Å². The zero-order valence-corrected chi connectivity index (χ0v) is 8.32. The van der Waals surface area contributed by atoms with Crippen molar-refractivity contribution in [2.45, 2.75) is 19.9 Å². The van der Waals surface area contributed by atoms with Crippen LogP contribution in [0.4, 0.5) is 0 Å². The molecule has 0 aromatic carbocycles. The van der Waals surface area contributed by atoms with Crippen molar-refractivity contribution in [1.29, 1.82) is 0 Å². The molecule has 0 spiro atoms. The highest BCUT2D eigenvalue weighted by Gasteiger charge is 2.04. The molecule has 0 radical (unpaired) electrons. The molecule has 0 saturated heterocycles. The Bertz CT molecular complexity index is 241. The Morgan fingerprint density at radius 3 is 3.08 bits per heavy atom. The second-order valence-electron chi connectivity index (χ2n) is 2.97. The molecule has 0 aliphatic heterocycles. The zero-order valence-electron chi connectivity index (χ0n) is 7.50. The third kappa shape index (κ3) is 2.75. The number of aromatic nitrogens is 1. The van der Waals surface area contributed by atoms with Gasteiger partial charge in [-0.1, -0.05) is 12.2 Å². The van der Waals surface area contributed by atoms with E-state index in [2.05, 4.69) is 29.2 Å². The lowest BCUT2D eigenvalue weighted by molar-refractivity contribution is 0.595. The van der Waals surface area contributed by atoms with Gasteiger partial charge in [-0.15, -0.1) is 11.3 Å². The molecule has 1 aromatic rings. The van der Waals surface area contributed by atoms with Gasteiger partial charge < -0.3 is 5.32 Å². The van der Waals surface area contributed by atoms with Crippen molar-refractivity contribution in [1.82, 2.24) is 10.3 Å². The molecule has 0 amide bonds. The normalized spacial score (nSPS) is 12.8. The minimum Gasteiger partial charge on any atom is -0.305 e. The van der Waals surface area contributed by atoms with E-state index in [9.17, 15) is 0 Å². The highest BCUT2D eigenvalue weighted by atomic mass is 32.1. The van der Waals surface area contributed by atoms with Gasteiger partial charge in [-0.25, -0.2) is 4.98 Å². The maximum absolute atomic E-state index is 4.22. The third-order valence-corrected chi connectivity index (χ3v) is 2.21. The summed E-state index contributed by atoms with van der Waals surface area (Å²) >= 11 is 1.63. The Labute approximate surface area is 77.3 Å². The van der Waals surface area contributed by atoms with Crippen molar-refractivity contribution >= 4 is 11.3 Å². The molecule has 1 rings (SSSR count). The van der Waals surface area contributed by atoms with Crippen LogP contribution in [0, 0.1) is 0 Å². The van der Waals surface area contributed by atoms with Gasteiger partial charge in [-0.3, -0.25) is 0 Å². The molecule has 0 aliphatic rings. The highest BCUT2D eigenvalue weighted by Crippen LogP contribution is 2.11. The Kier molecular flexibility index (Phi) is 3.44. The van der Waals surface area contributed by atoms with Gasteiger partial charge in [0.1, 0.15) is 0 Å². The molecule has 12 heavy (non-hydrogen) atoms. The van der Waals surface area contributed by atoms with Crippen molar-refractivity contribution in [2.24, 2.45) is 0 Å². The van der Waals surface area contributed by atoms with E-state index >= 15 is 0 Å². The Morgan fingerprint density at radius 1 is 1.83 bits per heavy atom. The van der Waals surface area contributed by atoms with Crippen LogP contribution in [0.15, 0.2) is 23.0 Å². The van der Waals surface area contributed by atoms with Crippen LogP contribution in [0.2, 0.25) is 0 Å². The topological polar surface area (TPSA) is 24.9 Å². The molecule has 0 saturated carbocycles. The predicted octanol–water partition coefficient (Wildman–Crippen LogP) is 2.37. The summed E-state index contributed by atoms with van der Waals surface area (Å²) in [5.74, 6) is 0. The first-order valence-corrected chi connectivity index (χ1v) is 4.90. The quantitative estimate of drug-likeness (QED) is 0.723. The average molecular weight is 182 g/mol. The standard InChI is InChI=1S/C9H14N2S/c1-7(2)4-10-8(3)9-5-12-6-11-9/h5-6,8,10H,1,4H2,2-3H3. The van der Waals surface area contributed by atoms with Crippen molar-refractivity contribution in [3.8, 4) is 0 Å². The molecule has 1 aromatic heterocycles. The lowest BCUT2D eigenvalue weighted by Crippen LogP contribution is -2.20. The first kappa shape index (κ1) is 9.42. The van der Waals surface area contributed by atoms with E-state index < -0.39 is 0 Å². The average Bonchev–Trinajstić information content (AvgIpc) is 2.51. The largest absolute Gasteiger partial charge is 0.305 e. The first-order chi connectivity index (χ1) is 5.70. The van der Waals surface area contributed by atoms with Gasteiger partial charge in [-0.2, -0.15) is 0 Å². The van der Waals surface area contributed by atoms with E-state index in [0.29, 0.717) is 6.04 Å². The van der Waals surface area contributed by atoms with Gasteiger partial charge in [0.25, 0.3) is 0 Å². The van der Waals surface area contributed by atoms with Crippen LogP contribution in [-0.2, 0) is 0 Å². The highest BCUT2D eigenvalue weighted by molar-refractivity contribution is 7.07. The van der Waals surface area contributed by atoms with Crippen LogP contribution in [-0.4, -0.2) is 11.5 Å². The first-order valence-electron chi connectivity index (χ1n) is 3.96. The minimum absolute atomic E-state index is 0.327. The SMILES string of the molecule is C=C(C)CNC(C)c1cscn1. The zero-order chi connectivity index (χ0) is 8.97. The van der Waals surface area contributed by atoms with E-state index in [1.165, 1.54) is 0 Å². The summed E-state index contributed by atoms with van der Waals surface area (Å²) < 4.78 is 0. The molecule has 1 atom stereocenters. The van der Waals surface area contributed by atoms with Crippen molar-refractivity contribution in [3.63, 3.8) is 0 Å². The molecular weight excluding hydrogens is 168 g/mol. The van der Waals surface area contributed by atoms with Crippen LogP contribution in [0.1, 0.15) is 25.6 Å². The van der Waals surface area contributed by atoms with E-state index in [1.54, 1.807) is 11.3 Å². The van der Waals surface area contributed by atoms with Gasteiger partial charge in [0.05, 0.1) is 11.2 Å². The van der Waals surface area contributed by atoms with Gasteiger partial charge >= 0.3 is 0 Å². The summed E-state index contributed by atoms with van der Waals surface area (Å²) in [4.78, 5) is 4.22. The fourth-order valence-corrected chi connectivity index (χ4v) is 1.52. The number of thiazole rings is 1. The van der Waals surface area contributed by atoms with Gasteiger partial charge in [-0.05, 0) is 13.8 Å². The summed E-state index contributed by atoms with van der Waals surface area (Å²) in [6.07, 6.45) is 0. The molecule has 2 nitrogen and oxygen atoms in total. The van der Waals surface area contributed by atoms with E-state index in [-0.39, 0.29) is 0 Å². The van der Waals surface area contributed by atoms with Crippen LogP contribution in [0.5, 0.6) is 0 Å². The Morgan fingerprint density at radius 2 is 2.58 bits per heavy atom. The lowest BCUT2D eigenvalue weighted by atomic mass is 10.2. The number of nitrogens with one attached hydrogen (secondary N) is 1. The maximum Gasteiger partial charge on any atom is 0.0795 e. The summed E-state index contributed by atoms with van der Waals surface area (Å²) in [7, 11) is 0. The fourth-order valence-electron chi connectivity index (χ4n) is 0.868. The van der Waals surface area contributed by atoms with E-state index in [0.717, 1.165) is 17.8 Å². The second-order valence-corrected chi connectivity index (χ2v) is 3.69.